The highest BCUT2D eigenvalue weighted by Crippen LogP contribution is 2.24. The largest absolute Gasteiger partial charge is 0.478 e. The van der Waals surface area contributed by atoms with Crippen LogP contribution < -0.4 is 16.6 Å². The number of hydrogen-bond donors (Lipinski definition) is 3. The number of anilines is 1. The van der Waals surface area contributed by atoms with Crippen molar-refractivity contribution in [3.63, 3.8) is 0 Å². The van der Waals surface area contributed by atoms with Crippen molar-refractivity contribution in [3.05, 3.63) is 77.1 Å². The Balaban J connectivity index is 2.50. The first kappa shape index (κ1) is 18.1. The van der Waals surface area contributed by atoms with Gasteiger partial charge in [0.2, 0.25) is 0 Å². The van der Waals surface area contributed by atoms with Gasteiger partial charge in [0.25, 0.3) is 0 Å². The summed E-state index contributed by atoms with van der Waals surface area (Å²) in [4.78, 5) is 11.6. The van der Waals surface area contributed by atoms with Gasteiger partial charge in [-0.05, 0) is 30.7 Å². The van der Waals surface area contributed by atoms with Crippen molar-refractivity contribution in [2.75, 3.05) is 5.01 Å². The number of carboxylic acid groups (broad SMARTS) is 1. The van der Waals surface area contributed by atoms with Crippen molar-refractivity contribution >= 4 is 11.7 Å². The van der Waals surface area contributed by atoms with E-state index in [1.807, 2.05) is 37.3 Å². The molecule has 0 spiro atoms. The molecule has 0 saturated heterocycles. The van der Waals surface area contributed by atoms with E-state index in [2.05, 4.69) is 11.8 Å². The maximum atomic E-state index is 11.6. The van der Waals surface area contributed by atoms with Gasteiger partial charge in [0.1, 0.15) is 0 Å². The molecule has 0 aromatic heterocycles. The molecule has 0 bridgehead atoms. The number of para-hydroxylation sites is 1. The molecule has 0 saturated carbocycles. The number of rotatable bonds is 5. The molecule has 5 N–H and O–H groups in total. The predicted molar refractivity (Wildman–Crippen MR) is 99.7 cm³/mol. The van der Waals surface area contributed by atoms with E-state index in [0.717, 1.165) is 12.0 Å². The van der Waals surface area contributed by atoms with Crippen molar-refractivity contribution in [1.29, 1.82) is 0 Å². The number of hydrazine groups is 1. The lowest BCUT2D eigenvalue weighted by atomic mass is 10.1. The summed E-state index contributed by atoms with van der Waals surface area (Å²) < 4.78 is 0. The molecule has 25 heavy (non-hydrogen) atoms. The molecule has 0 aliphatic carbocycles. The normalized spacial score (nSPS) is 10.7. The molecule has 0 amide bonds. The van der Waals surface area contributed by atoms with Crippen LogP contribution in [0, 0.1) is 11.8 Å². The van der Waals surface area contributed by atoms with Crippen molar-refractivity contribution < 1.29 is 9.90 Å². The van der Waals surface area contributed by atoms with Crippen molar-refractivity contribution in [2.45, 2.75) is 19.8 Å². The maximum absolute atomic E-state index is 11.6. The van der Waals surface area contributed by atoms with E-state index < -0.39 is 5.97 Å². The summed E-state index contributed by atoms with van der Waals surface area (Å²) in [5.41, 5.74) is 8.24. The highest BCUT2D eigenvalue weighted by molar-refractivity contribution is 5.96. The number of carbonyl (C=O) groups is 1. The van der Waals surface area contributed by atoms with Crippen LogP contribution in [0.1, 0.15) is 41.3 Å². The molecule has 2 rings (SSSR count). The predicted octanol–water partition coefficient (Wildman–Crippen LogP) is 3.06. The third kappa shape index (κ3) is 4.87. The second kappa shape index (κ2) is 8.57. The van der Waals surface area contributed by atoms with Crippen LogP contribution in [0.2, 0.25) is 0 Å². The molecular weight excluding hydrogens is 314 g/mol. The first-order valence-electron chi connectivity index (χ1n) is 7.96. The van der Waals surface area contributed by atoms with Gasteiger partial charge in [-0.2, -0.15) is 0 Å². The van der Waals surface area contributed by atoms with Gasteiger partial charge < -0.3 is 10.8 Å². The molecule has 5 heteroatoms. The fourth-order valence-corrected chi connectivity index (χ4v) is 2.35. The monoisotopic (exact) mass is 335 g/mol. The van der Waals surface area contributed by atoms with Gasteiger partial charge in [-0.3, -0.25) is 5.01 Å². The van der Waals surface area contributed by atoms with Crippen LogP contribution in [0.4, 0.5) is 5.69 Å². The van der Waals surface area contributed by atoms with Gasteiger partial charge in [0.05, 0.1) is 16.8 Å². The van der Waals surface area contributed by atoms with Crippen LogP contribution >= 0.6 is 0 Å². The quantitative estimate of drug-likeness (QED) is 0.444. The van der Waals surface area contributed by atoms with Crippen LogP contribution in [0.5, 0.6) is 0 Å². The molecular formula is C20H21N3O2. The number of carboxylic acids is 1. The van der Waals surface area contributed by atoms with E-state index in [4.69, 9.17) is 11.6 Å². The molecule has 0 radical (unpaired) electrons. The molecule has 0 heterocycles. The number of nitrogens with two attached hydrogens (primary N) is 2. The zero-order valence-corrected chi connectivity index (χ0v) is 14.1. The minimum Gasteiger partial charge on any atom is -0.478 e. The van der Waals surface area contributed by atoms with E-state index in [0.29, 0.717) is 23.4 Å². The Hall–Kier alpha value is -3.23. The van der Waals surface area contributed by atoms with Crippen LogP contribution in [0.25, 0.3) is 0 Å². The third-order valence-electron chi connectivity index (χ3n) is 3.48. The summed E-state index contributed by atoms with van der Waals surface area (Å²) in [5.74, 6) is 11.0. The highest BCUT2D eigenvalue weighted by atomic mass is 16.4. The fraction of sp³-hybridized carbons (Fsp3) is 0.150. The van der Waals surface area contributed by atoms with Crippen molar-refractivity contribution in [1.82, 2.24) is 0 Å². The molecule has 0 aliphatic rings. The summed E-state index contributed by atoms with van der Waals surface area (Å²) in [7, 11) is 0. The Morgan fingerprint density at radius 2 is 1.88 bits per heavy atom. The summed E-state index contributed by atoms with van der Waals surface area (Å²) in [6.07, 6.45) is 3.09. The third-order valence-corrected chi connectivity index (χ3v) is 3.48. The first-order valence-corrected chi connectivity index (χ1v) is 7.96. The summed E-state index contributed by atoms with van der Waals surface area (Å²) >= 11 is 0. The van der Waals surface area contributed by atoms with Gasteiger partial charge in [0, 0.05) is 17.5 Å². The van der Waals surface area contributed by atoms with Crippen LogP contribution in [-0.2, 0) is 0 Å². The van der Waals surface area contributed by atoms with E-state index in [1.165, 1.54) is 11.1 Å². The lowest BCUT2D eigenvalue weighted by Crippen LogP contribution is -2.28. The smallest absolute Gasteiger partial charge is 0.337 e. The van der Waals surface area contributed by atoms with E-state index in [1.54, 1.807) is 18.3 Å². The first-order chi connectivity index (χ1) is 12.0. The molecule has 2 aromatic carbocycles. The molecule has 0 fully saturated rings. The van der Waals surface area contributed by atoms with Gasteiger partial charge in [0.15, 0.2) is 0 Å². The Morgan fingerprint density at radius 1 is 1.16 bits per heavy atom. The highest BCUT2D eigenvalue weighted by Gasteiger charge is 2.16. The zero-order chi connectivity index (χ0) is 18.2. The standard InChI is InChI=1S/C20H21N3O2/c1-2-7-17(21)14-23(22)19-16(10-6-11-18(19)20(24)25)13-12-15-8-4-3-5-9-15/h3-6,8-11,14H,2,7,21-22H2,1H3,(H,24,25)/b17-14-. The minimum atomic E-state index is -1.07. The molecule has 0 unspecified atom stereocenters. The number of nitrogens with zero attached hydrogens (tertiary/aromatic N) is 1. The fourth-order valence-electron chi connectivity index (χ4n) is 2.35. The number of allylic oxidation sites excluding steroid dienone is 1. The second-order valence-electron chi connectivity index (χ2n) is 5.48. The molecule has 5 nitrogen and oxygen atoms in total. The average Bonchev–Trinajstić information content (AvgIpc) is 2.60. The Labute approximate surface area is 147 Å². The molecule has 2 aromatic rings. The van der Waals surface area contributed by atoms with Crippen molar-refractivity contribution in [3.8, 4) is 11.8 Å². The lowest BCUT2D eigenvalue weighted by molar-refractivity contribution is 0.0697. The number of aromatic carboxylic acids is 1. The molecule has 128 valence electrons. The Bertz CT molecular complexity index is 833. The van der Waals surface area contributed by atoms with E-state index in [9.17, 15) is 9.90 Å². The summed E-state index contributed by atoms with van der Waals surface area (Å²) in [6, 6.07) is 14.3. The SMILES string of the molecule is CCC/C(N)=C/N(N)c1c(C#Cc2ccccc2)cccc1C(=O)O. The minimum absolute atomic E-state index is 0.0721. The Morgan fingerprint density at radius 3 is 2.52 bits per heavy atom. The lowest BCUT2D eigenvalue weighted by Gasteiger charge is -2.19. The van der Waals surface area contributed by atoms with Gasteiger partial charge in [-0.15, -0.1) is 0 Å². The van der Waals surface area contributed by atoms with Crippen LogP contribution in [0.15, 0.2) is 60.4 Å². The summed E-state index contributed by atoms with van der Waals surface area (Å²) in [6.45, 7) is 2.00. The summed E-state index contributed by atoms with van der Waals surface area (Å²) in [5, 5.41) is 10.7. The second-order valence-corrected chi connectivity index (χ2v) is 5.48. The Kier molecular flexibility index (Phi) is 6.21. The zero-order valence-electron chi connectivity index (χ0n) is 14.1. The maximum Gasteiger partial charge on any atom is 0.337 e. The van der Waals surface area contributed by atoms with Gasteiger partial charge >= 0.3 is 5.97 Å². The van der Waals surface area contributed by atoms with Crippen LogP contribution in [0.3, 0.4) is 0 Å². The van der Waals surface area contributed by atoms with E-state index in [-0.39, 0.29) is 5.56 Å². The van der Waals surface area contributed by atoms with Gasteiger partial charge in [-0.1, -0.05) is 49.5 Å². The topological polar surface area (TPSA) is 92.6 Å². The van der Waals surface area contributed by atoms with Gasteiger partial charge in [-0.25, -0.2) is 10.6 Å². The molecule has 0 atom stereocenters. The average molecular weight is 335 g/mol. The number of hydrogen-bond acceptors (Lipinski definition) is 4. The van der Waals surface area contributed by atoms with E-state index >= 15 is 0 Å². The number of benzene rings is 2. The van der Waals surface area contributed by atoms with Crippen molar-refractivity contribution in [2.24, 2.45) is 11.6 Å². The van der Waals surface area contributed by atoms with Crippen LogP contribution in [-0.4, -0.2) is 11.1 Å². The molecule has 0 aliphatic heterocycles.